The lowest BCUT2D eigenvalue weighted by atomic mass is 9.81. The molecule has 3 unspecified atom stereocenters. The van der Waals surface area contributed by atoms with Gasteiger partial charge in [0.25, 0.3) is 0 Å². The first-order valence-corrected chi connectivity index (χ1v) is 5.38. The zero-order valence-corrected chi connectivity index (χ0v) is 8.35. The van der Waals surface area contributed by atoms with Crippen LogP contribution in [-0.2, 0) is 0 Å². The second-order valence-electron chi connectivity index (χ2n) is 4.31. The van der Waals surface area contributed by atoms with E-state index in [1.54, 1.807) is 0 Å². The van der Waals surface area contributed by atoms with Crippen molar-refractivity contribution in [1.82, 2.24) is 0 Å². The van der Waals surface area contributed by atoms with Crippen LogP contribution >= 0.6 is 0 Å². The molecule has 0 aromatic heterocycles. The molecule has 0 amide bonds. The van der Waals surface area contributed by atoms with Crippen LogP contribution in [0.3, 0.4) is 0 Å². The molecule has 1 aliphatic rings. The van der Waals surface area contributed by atoms with Crippen molar-refractivity contribution in [3.05, 3.63) is 0 Å². The molecular formula is C11H21F. The Morgan fingerprint density at radius 3 is 2.58 bits per heavy atom. The zero-order valence-electron chi connectivity index (χ0n) is 8.35. The Kier molecular flexibility index (Phi) is 4.03. The topological polar surface area (TPSA) is 0 Å². The number of alkyl halides is 1. The van der Waals surface area contributed by atoms with E-state index in [4.69, 9.17) is 0 Å². The minimum Gasteiger partial charge on any atom is -0.247 e. The lowest BCUT2D eigenvalue weighted by Crippen LogP contribution is -2.22. The summed E-state index contributed by atoms with van der Waals surface area (Å²) in [5.74, 6) is 1.10. The summed E-state index contributed by atoms with van der Waals surface area (Å²) in [6, 6.07) is 0. The van der Waals surface area contributed by atoms with Crippen LogP contribution in [0.1, 0.15) is 52.4 Å². The van der Waals surface area contributed by atoms with Gasteiger partial charge in [-0.15, -0.1) is 0 Å². The smallest absolute Gasteiger partial charge is 0.103 e. The monoisotopic (exact) mass is 172 g/mol. The predicted molar refractivity (Wildman–Crippen MR) is 50.9 cm³/mol. The highest BCUT2D eigenvalue weighted by Gasteiger charge is 2.25. The standard InChI is InChI=1S/C11H21F/c1-3-9(2)8-10-6-4-5-7-11(10)12/h9-11H,3-8H2,1-2H3. The van der Waals surface area contributed by atoms with E-state index < -0.39 is 6.17 Å². The molecule has 12 heavy (non-hydrogen) atoms. The molecule has 0 saturated heterocycles. The van der Waals surface area contributed by atoms with Crippen LogP contribution in [0, 0.1) is 11.8 Å². The minimum absolute atomic E-state index is 0.383. The first kappa shape index (κ1) is 10.0. The van der Waals surface area contributed by atoms with Gasteiger partial charge in [0.15, 0.2) is 0 Å². The molecule has 0 N–H and O–H groups in total. The molecular weight excluding hydrogens is 151 g/mol. The molecule has 1 aliphatic carbocycles. The van der Waals surface area contributed by atoms with E-state index in [-0.39, 0.29) is 0 Å². The van der Waals surface area contributed by atoms with Gasteiger partial charge in [-0.25, -0.2) is 4.39 Å². The first-order chi connectivity index (χ1) is 5.74. The summed E-state index contributed by atoms with van der Waals surface area (Å²) >= 11 is 0. The van der Waals surface area contributed by atoms with E-state index in [0.29, 0.717) is 11.8 Å². The molecule has 0 radical (unpaired) electrons. The molecule has 0 nitrogen and oxygen atoms in total. The number of hydrogen-bond donors (Lipinski definition) is 0. The van der Waals surface area contributed by atoms with Crippen molar-refractivity contribution in [2.24, 2.45) is 11.8 Å². The fraction of sp³-hybridized carbons (Fsp3) is 1.00. The van der Waals surface area contributed by atoms with E-state index in [0.717, 1.165) is 25.7 Å². The molecule has 0 bridgehead atoms. The van der Waals surface area contributed by atoms with Crippen LogP contribution in [0.25, 0.3) is 0 Å². The highest BCUT2D eigenvalue weighted by atomic mass is 19.1. The summed E-state index contributed by atoms with van der Waals surface area (Å²) in [4.78, 5) is 0. The number of halogens is 1. The molecule has 1 rings (SSSR count). The summed E-state index contributed by atoms with van der Waals surface area (Å²) < 4.78 is 13.3. The van der Waals surface area contributed by atoms with Crippen molar-refractivity contribution < 1.29 is 4.39 Å². The highest BCUT2D eigenvalue weighted by molar-refractivity contribution is 4.76. The normalized spacial score (nSPS) is 33.2. The van der Waals surface area contributed by atoms with Gasteiger partial charge in [-0.2, -0.15) is 0 Å². The van der Waals surface area contributed by atoms with Crippen molar-refractivity contribution >= 4 is 0 Å². The molecule has 0 aromatic carbocycles. The lowest BCUT2D eigenvalue weighted by molar-refractivity contribution is 0.142. The van der Waals surface area contributed by atoms with Crippen LogP contribution in [0.5, 0.6) is 0 Å². The average Bonchev–Trinajstić information content (AvgIpc) is 2.09. The highest BCUT2D eigenvalue weighted by Crippen LogP contribution is 2.32. The SMILES string of the molecule is CCC(C)CC1CCCCC1F. The van der Waals surface area contributed by atoms with E-state index in [2.05, 4.69) is 13.8 Å². The maximum atomic E-state index is 13.3. The quantitative estimate of drug-likeness (QED) is 0.604. The van der Waals surface area contributed by atoms with Crippen molar-refractivity contribution in [2.75, 3.05) is 0 Å². The lowest BCUT2D eigenvalue weighted by Gasteiger charge is -2.27. The summed E-state index contributed by atoms with van der Waals surface area (Å²) in [5, 5.41) is 0. The molecule has 1 saturated carbocycles. The van der Waals surface area contributed by atoms with Crippen molar-refractivity contribution in [2.45, 2.75) is 58.5 Å². The maximum absolute atomic E-state index is 13.3. The minimum atomic E-state index is -0.493. The maximum Gasteiger partial charge on any atom is 0.103 e. The summed E-state index contributed by atoms with van der Waals surface area (Å²) in [7, 11) is 0. The fourth-order valence-electron chi connectivity index (χ4n) is 2.11. The van der Waals surface area contributed by atoms with Gasteiger partial charge in [-0.1, -0.05) is 33.1 Å². The third-order valence-corrected chi connectivity index (χ3v) is 3.22. The average molecular weight is 172 g/mol. The van der Waals surface area contributed by atoms with E-state index in [9.17, 15) is 4.39 Å². The van der Waals surface area contributed by atoms with Crippen LogP contribution in [0.4, 0.5) is 4.39 Å². The van der Waals surface area contributed by atoms with E-state index in [1.165, 1.54) is 12.8 Å². The Bertz CT molecular complexity index is 122. The molecule has 0 aliphatic heterocycles. The molecule has 1 heteroatoms. The van der Waals surface area contributed by atoms with Crippen LogP contribution in [-0.4, -0.2) is 6.17 Å². The third kappa shape index (κ3) is 2.76. The van der Waals surface area contributed by atoms with Gasteiger partial charge in [-0.05, 0) is 31.1 Å². The molecule has 0 spiro atoms. The van der Waals surface area contributed by atoms with Crippen molar-refractivity contribution in [3.63, 3.8) is 0 Å². The number of hydrogen-bond acceptors (Lipinski definition) is 0. The van der Waals surface area contributed by atoms with Gasteiger partial charge in [-0.3, -0.25) is 0 Å². The van der Waals surface area contributed by atoms with Gasteiger partial charge in [0, 0.05) is 0 Å². The van der Waals surface area contributed by atoms with Crippen molar-refractivity contribution in [1.29, 1.82) is 0 Å². The molecule has 72 valence electrons. The third-order valence-electron chi connectivity index (χ3n) is 3.22. The largest absolute Gasteiger partial charge is 0.247 e. The number of rotatable bonds is 3. The van der Waals surface area contributed by atoms with Gasteiger partial charge >= 0.3 is 0 Å². The summed E-state index contributed by atoms with van der Waals surface area (Å²) in [6.07, 6.45) is 6.13. The molecule has 3 atom stereocenters. The Labute approximate surface area is 75.5 Å². The predicted octanol–water partition coefficient (Wildman–Crippen LogP) is 3.95. The van der Waals surface area contributed by atoms with Gasteiger partial charge in [0.05, 0.1) is 0 Å². The second kappa shape index (κ2) is 4.84. The van der Waals surface area contributed by atoms with E-state index in [1.807, 2.05) is 0 Å². The van der Waals surface area contributed by atoms with Crippen LogP contribution in [0.2, 0.25) is 0 Å². The first-order valence-electron chi connectivity index (χ1n) is 5.38. The summed E-state index contributed by atoms with van der Waals surface area (Å²) in [6.45, 7) is 4.43. The Hall–Kier alpha value is -0.0700. The second-order valence-corrected chi connectivity index (χ2v) is 4.31. The fourth-order valence-corrected chi connectivity index (χ4v) is 2.11. The Morgan fingerprint density at radius 1 is 1.33 bits per heavy atom. The molecule has 1 fully saturated rings. The zero-order chi connectivity index (χ0) is 8.97. The van der Waals surface area contributed by atoms with Crippen molar-refractivity contribution in [3.8, 4) is 0 Å². The van der Waals surface area contributed by atoms with Crippen LogP contribution < -0.4 is 0 Å². The Morgan fingerprint density at radius 2 is 2.00 bits per heavy atom. The molecule has 0 heterocycles. The van der Waals surface area contributed by atoms with Gasteiger partial charge < -0.3 is 0 Å². The van der Waals surface area contributed by atoms with E-state index >= 15 is 0 Å². The van der Waals surface area contributed by atoms with Gasteiger partial charge in [0.1, 0.15) is 6.17 Å². The van der Waals surface area contributed by atoms with Crippen LogP contribution in [0.15, 0.2) is 0 Å². The molecule has 0 aromatic rings. The summed E-state index contributed by atoms with van der Waals surface area (Å²) in [5.41, 5.74) is 0. The Balaban J connectivity index is 2.28. The van der Waals surface area contributed by atoms with Gasteiger partial charge in [0.2, 0.25) is 0 Å².